The summed E-state index contributed by atoms with van der Waals surface area (Å²) in [6.45, 7) is 0.485. The van der Waals surface area contributed by atoms with Crippen LogP contribution in [-0.4, -0.2) is 43.5 Å². The number of nitrogens with zero attached hydrogens (tertiary/aromatic N) is 1. The summed E-state index contributed by atoms with van der Waals surface area (Å²) in [5, 5.41) is 37.9. The Morgan fingerprint density at radius 3 is 2.18 bits per heavy atom. The number of benzene rings is 1. The van der Waals surface area contributed by atoms with Crippen molar-refractivity contribution in [3.05, 3.63) is 35.2 Å². The number of aromatic hydroxyl groups is 2. The molecule has 0 atom stereocenters. The molecule has 0 bridgehead atoms. The van der Waals surface area contributed by atoms with Crippen molar-refractivity contribution >= 4 is 11.9 Å². The van der Waals surface area contributed by atoms with Crippen molar-refractivity contribution in [2.75, 3.05) is 6.61 Å². The summed E-state index contributed by atoms with van der Waals surface area (Å²) in [4.78, 5) is 22.7. The molecule has 0 spiro atoms. The van der Waals surface area contributed by atoms with E-state index in [9.17, 15) is 30.0 Å². The molecule has 1 aliphatic rings. The van der Waals surface area contributed by atoms with Crippen molar-refractivity contribution in [1.82, 2.24) is 4.57 Å². The van der Waals surface area contributed by atoms with Crippen LogP contribution in [0.25, 0.3) is 5.69 Å². The first kappa shape index (κ1) is 13.8. The van der Waals surface area contributed by atoms with Crippen molar-refractivity contribution in [3.63, 3.8) is 0 Å². The first-order valence-corrected chi connectivity index (χ1v) is 6.31. The monoisotopic (exact) mass is 305 g/mol. The van der Waals surface area contributed by atoms with E-state index in [1.54, 1.807) is 12.1 Å². The number of hydrogen-bond acceptors (Lipinski definition) is 5. The van der Waals surface area contributed by atoms with E-state index >= 15 is 0 Å². The minimum Gasteiger partial charge on any atom is -0.503 e. The van der Waals surface area contributed by atoms with Crippen molar-refractivity contribution < 1.29 is 34.8 Å². The highest BCUT2D eigenvalue weighted by Gasteiger charge is 2.31. The number of aromatic carboxylic acids is 2. The number of aromatic nitrogens is 1. The third-order valence-electron chi connectivity index (χ3n) is 3.46. The Morgan fingerprint density at radius 1 is 1.05 bits per heavy atom. The lowest BCUT2D eigenvalue weighted by atomic mass is 10.1. The van der Waals surface area contributed by atoms with E-state index in [1.165, 1.54) is 6.07 Å². The number of fused-ring (bicyclic) bond motifs is 1. The highest BCUT2D eigenvalue weighted by atomic mass is 16.5. The van der Waals surface area contributed by atoms with Crippen LogP contribution in [0, 0.1) is 0 Å². The van der Waals surface area contributed by atoms with Gasteiger partial charge in [-0.2, -0.15) is 0 Å². The van der Waals surface area contributed by atoms with Gasteiger partial charge in [-0.3, -0.25) is 4.57 Å². The van der Waals surface area contributed by atoms with Gasteiger partial charge in [-0.15, -0.1) is 0 Å². The molecule has 1 aromatic carbocycles. The van der Waals surface area contributed by atoms with Gasteiger partial charge in [0, 0.05) is 12.1 Å². The highest BCUT2D eigenvalue weighted by molar-refractivity contribution is 5.99. The zero-order chi connectivity index (χ0) is 16.0. The number of carboxylic acids is 2. The van der Waals surface area contributed by atoms with Crippen LogP contribution >= 0.6 is 0 Å². The molecule has 2 heterocycles. The highest BCUT2D eigenvalue weighted by Crippen LogP contribution is 2.39. The smallest absolute Gasteiger partial charge is 0.356 e. The molecule has 0 unspecified atom stereocenters. The number of carbonyl (C=O) groups is 2. The molecular weight excluding hydrogens is 294 g/mol. The largest absolute Gasteiger partial charge is 0.503 e. The van der Waals surface area contributed by atoms with Crippen molar-refractivity contribution in [2.24, 2.45) is 0 Å². The Hall–Kier alpha value is -3.16. The quantitative estimate of drug-likeness (QED) is 0.670. The van der Waals surface area contributed by atoms with Gasteiger partial charge in [-0.05, 0) is 23.8 Å². The van der Waals surface area contributed by atoms with Gasteiger partial charge in [-0.1, -0.05) is 0 Å². The average molecular weight is 305 g/mol. The lowest BCUT2D eigenvalue weighted by Crippen LogP contribution is -2.13. The zero-order valence-electron chi connectivity index (χ0n) is 11.1. The number of rotatable bonds is 3. The summed E-state index contributed by atoms with van der Waals surface area (Å²) >= 11 is 0. The van der Waals surface area contributed by atoms with Crippen molar-refractivity contribution in [2.45, 2.75) is 6.42 Å². The number of carboxylic acid groups (broad SMARTS) is 2. The van der Waals surface area contributed by atoms with Gasteiger partial charge in [0.15, 0.2) is 22.9 Å². The molecule has 1 aromatic heterocycles. The molecule has 0 fully saturated rings. The normalized spacial score (nSPS) is 12.7. The molecule has 8 heteroatoms. The molecule has 0 saturated carbocycles. The van der Waals surface area contributed by atoms with Crippen LogP contribution in [0.3, 0.4) is 0 Å². The summed E-state index contributed by atoms with van der Waals surface area (Å²) in [6, 6.07) is 4.62. The van der Waals surface area contributed by atoms with Gasteiger partial charge < -0.3 is 25.2 Å². The van der Waals surface area contributed by atoms with E-state index in [0.29, 0.717) is 18.8 Å². The molecule has 22 heavy (non-hydrogen) atoms. The Bertz CT molecular complexity index is 769. The van der Waals surface area contributed by atoms with Crippen LogP contribution in [0.1, 0.15) is 26.5 Å². The van der Waals surface area contributed by atoms with Crippen LogP contribution in [0.5, 0.6) is 17.2 Å². The minimum absolute atomic E-state index is 0.203. The third kappa shape index (κ3) is 1.85. The first-order chi connectivity index (χ1) is 10.4. The molecule has 8 nitrogen and oxygen atoms in total. The number of ether oxygens (including phenoxy) is 1. The second-order valence-electron chi connectivity index (χ2n) is 4.73. The number of hydrogen-bond donors (Lipinski definition) is 4. The SMILES string of the molecule is O=C(O)c1c(O)c(O)c(C(=O)O)n1-c1ccc2c(c1)CCO2. The van der Waals surface area contributed by atoms with E-state index < -0.39 is 34.8 Å². The molecule has 0 saturated heterocycles. The molecular formula is C14H11NO7. The minimum atomic E-state index is -1.56. The summed E-state index contributed by atoms with van der Waals surface area (Å²) in [5.41, 5.74) is -0.435. The topological polar surface area (TPSA) is 129 Å². The summed E-state index contributed by atoms with van der Waals surface area (Å²) in [6.07, 6.45) is 0.604. The van der Waals surface area contributed by atoms with Crippen LogP contribution in [-0.2, 0) is 6.42 Å². The van der Waals surface area contributed by atoms with Gasteiger partial charge in [0.25, 0.3) is 0 Å². The maximum absolute atomic E-state index is 11.3. The van der Waals surface area contributed by atoms with Crippen LogP contribution < -0.4 is 4.74 Å². The second-order valence-corrected chi connectivity index (χ2v) is 4.73. The second kappa shape index (κ2) is 4.69. The van der Waals surface area contributed by atoms with E-state index in [2.05, 4.69) is 0 Å². The lowest BCUT2D eigenvalue weighted by Gasteiger charge is -2.10. The van der Waals surface area contributed by atoms with Gasteiger partial charge in [-0.25, -0.2) is 9.59 Å². The summed E-state index contributed by atoms with van der Waals surface area (Å²) in [7, 11) is 0. The Labute approximate surface area is 123 Å². The maximum Gasteiger partial charge on any atom is 0.356 e. The molecule has 0 aliphatic carbocycles. The Kier molecular flexibility index (Phi) is 2.94. The fourth-order valence-corrected chi connectivity index (χ4v) is 2.51. The fraction of sp³-hybridized carbons (Fsp3) is 0.143. The van der Waals surface area contributed by atoms with E-state index in [1.807, 2.05) is 0 Å². The molecule has 0 amide bonds. The van der Waals surface area contributed by atoms with Gasteiger partial charge >= 0.3 is 11.9 Å². The van der Waals surface area contributed by atoms with Gasteiger partial charge in [0.05, 0.1) is 6.61 Å². The van der Waals surface area contributed by atoms with E-state index in [4.69, 9.17) is 4.74 Å². The average Bonchev–Trinajstić information content (AvgIpc) is 3.01. The maximum atomic E-state index is 11.3. The van der Waals surface area contributed by atoms with Crippen molar-refractivity contribution in [1.29, 1.82) is 0 Å². The molecule has 3 rings (SSSR count). The summed E-state index contributed by atoms with van der Waals surface area (Å²) in [5.74, 6) is -4.45. The van der Waals surface area contributed by atoms with Crippen LogP contribution in [0.15, 0.2) is 18.2 Å². The third-order valence-corrected chi connectivity index (χ3v) is 3.46. The van der Waals surface area contributed by atoms with Crippen molar-refractivity contribution in [3.8, 4) is 22.9 Å². The molecule has 114 valence electrons. The van der Waals surface area contributed by atoms with Gasteiger partial charge in [0.1, 0.15) is 5.75 Å². The van der Waals surface area contributed by atoms with Crippen LogP contribution in [0.2, 0.25) is 0 Å². The van der Waals surface area contributed by atoms with E-state index in [-0.39, 0.29) is 5.69 Å². The summed E-state index contributed by atoms with van der Waals surface area (Å²) < 4.78 is 6.13. The molecule has 0 radical (unpaired) electrons. The molecule has 2 aromatic rings. The lowest BCUT2D eigenvalue weighted by molar-refractivity contribution is 0.0681. The predicted octanol–water partition coefficient (Wildman–Crippen LogP) is 1.22. The zero-order valence-corrected chi connectivity index (χ0v) is 11.1. The molecule has 1 aliphatic heterocycles. The molecule has 4 N–H and O–H groups in total. The predicted molar refractivity (Wildman–Crippen MR) is 72.2 cm³/mol. The van der Waals surface area contributed by atoms with E-state index in [0.717, 1.165) is 10.1 Å². The standard InChI is InChI=1S/C14H11NO7/c16-11-9(13(18)19)15(10(12(11)17)14(20)21)7-1-2-8-6(5-7)3-4-22-8/h1-2,5,16-17H,3-4H2,(H,18,19)(H,20,21). The van der Waals surface area contributed by atoms with Gasteiger partial charge in [0.2, 0.25) is 0 Å². The van der Waals surface area contributed by atoms with Crippen LogP contribution in [0.4, 0.5) is 0 Å². The first-order valence-electron chi connectivity index (χ1n) is 6.31. The Balaban J connectivity index is 2.31. The Morgan fingerprint density at radius 2 is 1.64 bits per heavy atom. The fourth-order valence-electron chi connectivity index (χ4n) is 2.51.